The number of rotatable bonds is 7. The summed E-state index contributed by atoms with van der Waals surface area (Å²) in [5.41, 5.74) is 4.85. The fourth-order valence-corrected chi connectivity index (χ4v) is 6.32. The third-order valence-electron chi connectivity index (χ3n) is 7.43. The van der Waals surface area contributed by atoms with Gasteiger partial charge >= 0.3 is 0 Å². The van der Waals surface area contributed by atoms with E-state index >= 15 is 0 Å². The number of aryl methyl sites for hydroxylation is 1. The molecule has 1 fully saturated rings. The molecule has 2 aliphatic heterocycles. The van der Waals surface area contributed by atoms with Crippen LogP contribution >= 0.6 is 11.3 Å². The molecule has 7 heteroatoms. The molecule has 2 amide bonds. The van der Waals surface area contributed by atoms with E-state index in [4.69, 9.17) is 4.74 Å². The highest BCUT2D eigenvalue weighted by Gasteiger charge is 2.34. The molecule has 0 N–H and O–H groups in total. The number of amides is 2. The van der Waals surface area contributed by atoms with E-state index in [1.807, 2.05) is 58.4 Å². The summed E-state index contributed by atoms with van der Waals surface area (Å²) in [5, 5.41) is 2.17. The Kier molecular flexibility index (Phi) is 8.03. The van der Waals surface area contributed by atoms with E-state index in [1.54, 1.807) is 0 Å². The second kappa shape index (κ2) is 11.6. The third kappa shape index (κ3) is 5.95. The van der Waals surface area contributed by atoms with Gasteiger partial charge in [-0.1, -0.05) is 60.2 Å². The van der Waals surface area contributed by atoms with E-state index in [9.17, 15) is 9.59 Å². The summed E-state index contributed by atoms with van der Waals surface area (Å²) in [6.07, 6.45) is 0.976. The SMILES string of the molecule is Cc1ccc([C@H]2c3ccsc3CCN2CC(=O)N2CCN(C(=O)COCc3ccccc3)[C@@H](C)C2)cc1. The van der Waals surface area contributed by atoms with Gasteiger partial charge in [0.1, 0.15) is 6.61 Å². The zero-order valence-corrected chi connectivity index (χ0v) is 22.5. The minimum Gasteiger partial charge on any atom is -0.367 e. The predicted molar refractivity (Wildman–Crippen MR) is 146 cm³/mol. The smallest absolute Gasteiger partial charge is 0.248 e. The van der Waals surface area contributed by atoms with Gasteiger partial charge < -0.3 is 14.5 Å². The molecule has 0 unspecified atom stereocenters. The Balaban J connectivity index is 1.18. The zero-order chi connectivity index (χ0) is 25.8. The number of carbonyl (C=O) groups is 2. The van der Waals surface area contributed by atoms with Crippen LogP contribution in [0, 0.1) is 6.92 Å². The van der Waals surface area contributed by atoms with Crippen LogP contribution in [0.4, 0.5) is 0 Å². The summed E-state index contributed by atoms with van der Waals surface area (Å²) in [4.78, 5) is 33.8. The standard InChI is InChI=1S/C30H35N3O3S/c1-22-8-10-25(11-9-22)30-26-13-17-37-27(26)12-14-32(30)19-28(34)31-15-16-33(23(2)18-31)29(35)21-36-20-24-6-4-3-5-7-24/h3-11,13,17,23,30H,12,14-16,18-21H2,1-2H3/t23-,30-/m0/s1. The van der Waals surface area contributed by atoms with Crippen molar-refractivity contribution in [2.75, 3.05) is 39.3 Å². The minimum atomic E-state index is -0.0387. The zero-order valence-electron chi connectivity index (χ0n) is 21.6. The van der Waals surface area contributed by atoms with Crippen molar-refractivity contribution < 1.29 is 14.3 Å². The van der Waals surface area contributed by atoms with Crippen molar-refractivity contribution in [1.29, 1.82) is 0 Å². The highest BCUT2D eigenvalue weighted by atomic mass is 32.1. The van der Waals surface area contributed by atoms with E-state index in [-0.39, 0.29) is 30.5 Å². The lowest BCUT2D eigenvalue weighted by molar-refractivity contribution is -0.146. The van der Waals surface area contributed by atoms with Crippen molar-refractivity contribution in [3.05, 3.63) is 93.2 Å². The monoisotopic (exact) mass is 517 g/mol. The van der Waals surface area contributed by atoms with Crippen LogP contribution in [0.15, 0.2) is 66.0 Å². The molecule has 37 heavy (non-hydrogen) atoms. The van der Waals surface area contributed by atoms with Gasteiger partial charge in [-0.25, -0.2) is 0 Å². The van der Waals surface area contributed by atoms with E-state index < -0.39 is 0 Å². The van der Waals surface area contributed by atoms with Gasteiger partial charge in [0.15, 0.2) is 0 Å². The molecular formula is C30H35N3O3S. The predicted octanol–water partition coefficient (Wildman–Crippen LogP) is 4.28. The Morgan fingerprint density at radius 2 is 1.76 bits per heavy atom. The molecule has 0 aliphatic carbocycles. The number of fused-ring (bicyclic) bond motifs is 1. The van der Waals surface area contributed by atoms with Crippen molar-refractivity contribution in [1.82, 2.24) is 14.7 Å². The lowest BCUT2D eigenvalue weighted by Gasteiger charge is -2.42. The number of thiophene rings is 1. The number of hydrogen-bond acceptors (Lipinski definition) is 5. The molecule has 3 aromatic rings. The summed E-state index contributed by atoms with van der Waals surface area (Å²) in [5.74, 6) is 0.117. The lowest BCUT2D eigenvalue weighted by Crippen LogP contribution is -2.57. The lowest BCUT2D eigenvalue weighted by atomic mass is 9.92. The topological polar surface area (TPSA) is 53.1 Å². The average Bonchev–Trinajstić information content (AvgIpc) is 3.38. The summed E-state index contributed by atoms with van der Waals surface area (Å²) >= 11 is 1.81. The molecule has 0 radical (unpaired) electrons. The fraction of sp³-hybridized carbons (Fsp3) is 0.400. The summed E-state index contributed by atoms with van der Waals surface area (Å²) in [7, 11) is 0. The van der Waals surface area contributed by atoms with Crippen LogP contribution in [-0.2, 0) is 27.4 Å². The largest absolute Gasteiger partial charge is 0.367 e. The van der Waals surface area contributed by atoms with E-state index in [0.717, 1.165) is 18.5 Å². The molecule has 3 heterocycles. The van der Waals surface area contributed by atoms with Gasteiger partial charge in [-0.15, -0.1) is 11.3 Å². The highest BCUT2D eigenvalue weighted by molar-refractivity contribution is 7.10. The number of ether oxygens (including phenoxy) is 1. The molecule has 5 rings (SSSR count). The van der Waals surface area contributed by atoms with Gasteiger partial charge in [0, 0.05) is 37.1 Å². The van der Waals surface area contributed by atoms with Crippen LogP contribution in [-0.4, -0.2) is 71.9 Å². The Hall–Kier alpha value is -3.00. The van der Waals surface area contributed by atoms with Crippen LogP contribution in [0.3, 0.4) is 0 Å². The first-order valence-corrected chi connectivity index (χ1v) is 13.9. The first kappa shape index (κ1) is 25.6. The molecule has 6 nitrogen and oxygen atoms in total. The molecule has 1 saturated heterocycles. The number of carbonyl (C=O) groups excluding carboxylic acids is 2. The molecule has 2 aromatic carbocycles. The molecule has 2 atom stereocenters. The van der Waals surface area contributed by atoms with E-state index in [0.29, 0.717) is 32.8 Å². The van der Waals surface area contributed by atoms with Crippen LogP contribution in [0.2, 0.25) is 0 Å². The van der Waals surface area contributed by atoms with E-state index in [1.165, 1.54) is 21.6 Å². The van der Waals surface area contributed by atoms with Gasteiger partial charge in [0.05, 0.1) is 19.2 Å². The molecular weight excluding hydrogens is 482 g/mol. The van der Waals surface area contributed by atoms with Gasteiger partial charge in [-0.3, -0.25) is 14.5 Å². The van der Waals surface area contributed by atoms with Crippen molar-refractivity contribution in [2.24, 2.45) is 0 Å². The Morgan fingerprint density at radius 1 is 0.973 bits per heavy atom. The number of nitrogens with zero attached hydrogens (tertiary/aromatic N) is 3. The quantitative estimate of drug-likeness (QED) is 0.470. The maximum atomic E-state index is 13.5. The van der Waals surface area contributed by atoms with E-state index in [2.05, 4.69) is 47.5 Å². The van der Waals surface area contributed by atoms with Gasteiger partial charge in [0.25, 0.3) is 0 Å². The first-order chi connectivity index (χ1) is 18.0. The highest BCUT2D eigenvalue weighted by Crippen LogP contribution is 2.37. The third-order valence-corrected chi connectivity index (χ3v) is 8.43. The second-order valence-electron chi connectivity index (χ2n) is 10.1. The summed E-state index contributed by atoms with van der Waals surface area (Å²) < 4.78 is 5.66. The number of hydrogen-bond donors (Lipinski definition) is 0. The van der Waals surface area contributed by atoms with Crippen molar-refractivity contribution in [3.8, 4) is 0 Å². The molecule has 2 aliphatic rings. The summed E-state index contributed by atoms with van der Waals surface area (Å²) in [6, 6.07) is 20.8. The van der Waals surface area contributed by atoms with Crippen LogP contribution in [0.25, 0.3) is 0 Å². The second-order valence-corrected chi connectivity index (χ2v) is 11.1. The maximum Gasteiger partial charge on any atom is 0.248 e. The first-order valence-electron chi connectivity index (χ1n) is 13.1. The maximum absolute atomic E-state index is 13.5. The molecule has 0 bridgehead atoms. The molecule has 1 aromatic heterocycles. The van der Waals surface area contributed by atoms with Crippen molar-refractivity contribution in [2.45, 2.75) is 39.0 Å². The van der Waals surface area contributed by atoms with Crippen LogP contribution in [0.1, 0.15) is 40.1 Å². The minimum absolute atomic E-state index is 0.0176. The molecule has 0 spiro atoms. The van der Waals surface area contributed by atoms with Gasteiger partial charge in [-0.05, 0) is 48.4 Å². The van der Waals surface area contributed by atoms with Crippen molar-refractivity contribution >= 4 is 23.2 Å². The molecule has 0 saturated carbocycles. The Labute approximate surface area is 223 Å². The van der Waals surface area contributed by atoms with Crippen molar-refractivity contribution in [3.63, 3.8) is 0 Å². The van der Waals surface area contributed by atoms with Crippen LogP contribution < -0.4 is 0 Å². The van der Waals surface area contributed by atoms with Crippen LogP contribution in [0.5, 0.6) is 0 Å². The summed E-state index contributed by atoms with van der Waals surface area (Å²) in [6.45, 7) is 7.49. The normalized spacial score (nSPS) is 20.1. The number of piperazine rings is 1. The Bertz CT molecular complexity index is 1210. The number of benzene rings is 2. The fourth-order valence-electron chi connectivity index (χ4n) is 5.42. The Morgan fingerprint density at radius 3 is 2.51 bits per heavy atom. The van der Waals surface area contributed by atoms with Gasteiger partial charge in [0.2, 0.25) is 11.8 Å². The average molecular weight is 518 g/mol. The van der Waals surface area contributed by atoms with Gasteiger partial charge in [-0.2, -0.15) is 0 Å². The molecule has 194 valence electrons.